The summed E-state index contributed by atoms with van der Waals surface area (Å²) in [4.78, 5) is 93.9. The van der Waals surface area contributed by atoms with E-state index < -0.39 is 42.3 Å². The number of pyridine rings is 1. The highest BCUT2D eigenvalue weighted by atomic mass is 16.5. The van der Waals surface area contributed by atoms with Crippen LogP contribution in [0.25, 0.3) is 33.1 Å². The van der Waals surface area contributed by atoms with E-state index in [1.165, 1.54) is 11.1 Å². The van der Waals surface area contributed by atoms with Crippen LogP contribution in [-0.4, -0.2) is 212 Å². The van der Waals surface area contributed by atoms with Crippen molar-refractivity contribution in [3.05, 3.63) is 96.0 Å². The van der Waals surface area contributed by atoms with Crippen LogP contribution in [0.5, 0.6) is 0 Å². The maximum atomic E-state index is 13.6. The number of Topliss-reactive ketones (excluding diaryl/α,β-unsaturated/α-hetero) is 1. The van der Waals surface area contributed by atoms with Gasteiger partial charge in [-0.2, -0.15) is 0 Å². The molecule has 0 radical (unpaired) electrons. The van der Waals surface area contributed by atoms with Gasteiger partial charge >= 0.3 is 11.9 Å². The number of ketones is 1. The summed E-state index contributed by atoms with van der Waals surface area (Å²) < 4.78 is 5.68. The zero-order valence-corrected chi connectivity index (χ0v) is 39.9. The van der Waals surface area contributed by atoms with Crippen LogP contribution in [0.15, 0.2) is 83.4 Å². The second kappa shape index (κ2) is 25.6. The number of likely N-dealkylation sites (tertiary alicyclic amines) is 1. The fraction of sp³-hybridized carbons (Fsp3) is 0.440. The normalized spacial score (nSPS) is 17.4. The predicted octanol–water partition coefficient (Wildman–Crippen LogP) is 0.435. The first kappa shape index (κ1) is 53.0. The Hall–Kier alpha value is -6.76. The maximum absolute atomic E-state index is 13.6. The van der Waals surface area contributed by atoms with Gasteiger partial charge in [-0.15, -0.1) is 0 Å². The largest absolute Gasteiger partial charge is 0.480 e. The number of carboxylic acid groups (broad SMARTS) is 2. The van der Waals surface area contributed by atoms with E-state index in [1.54, 1.807) is 63.2 Å². The Kier molecular flexibility index (Phi) is 18.8. The number of aliphatic hydroxyl groups excluding tert-OH is 2. The molecule has 2 aliphatic heterocycles. The molecule has 2 fully saturated rings. The molecule has 22 nitrogen and oxygen atoms in total. The van der Waals surface area contributed by atoms with Crippen molar-refractivity contribution in [2.45, 2.75) is 37.8 Å². The van der Waals surface area contributed by atoms with Crippen molar-refractivity contribution in [2.24, 2.45) is 0 Å². The standard InChI is InChI=1S/C50H62N10O12/c61-42(29-56-19-21-57(30-44(63)64)23-25-59(32-46(67)68)26-24-58(22-20-56)31-45(65)66)52-15-4-16-53-48(70)34-10-8-33(9-11-34)35-12-13-38-37(27-35)36(14-17-51-38)49(71)54-28-43(62)60-18-3-6-40(60)47(69)50-55-39-5-1-2-7-41(39)72-50/h1-2,5,7-14,17,27,40,46,48,53,67-68,70H,3-4,6,15-16,18-26,28-32H2,(H,52,61)(H,54,71)(H,63,64)(H,65,66)/t40-,48?/m0/s1. The summed E-state index contributed by atoms with van der Waals surface area (Å²) in [6, 6.07) is 20.7. The Morgan fingerprint density at radius 1 is 0.694 bits per heavy atom. The van der Waals surface area contributed by atoms with Crippen LogP contribution >= 0.6 is 0 Å². The molecule has 72 heavy (non-hydrogen) atoms. The minimum absolute atomic E-state index is 0.00442. The molecule has 3 aromatic carbocycles. The van der Waals surface area contributed by atoms with E-state index in [1.807, 2.05) is 29.2 Å². The number of nitrogens with zero attached hydrogens (tertiary/aromatic N) is 7. The molecule has 0 bridgehead atoms. The number of hydrogen-bond acceptors (Lipinski definition) is 17. The first-order valence-electron chi connectivity index (χ1n) is 24.0. The van der Waals surface area contributed by atoms with Gasteiger partial charge in [-0.05, 0) is 72.8 Å². The molecule has 2 saturated heterocycles. The number of carbonyl (C=O) groups excluding carboxylic acids is 4. The van der Waals surface area contributed by atoms with Gasteiger partial charge in [0.15, 0.2) is 11.9 Å². The summed E-state index contributed by atoms with van der Waals surface area (Å²) in [5, 5.41) is 58.4. The van der Waals surface area contributed by atoms with Crippen molar-refractivity contribution in [1.29, 1.82) is 0 Å². The van der Waals surface area contributed by atoms with Crippen LogP contribution in [0, 0.1) is 0 Å². The highest BCUT2D eigenvalue weighted by molar-refractivity contribution is 6.08. The second-order valence-electron chi connectivity index (χ2n) is 17.9. The molecular weight excluding hydrogens is 933 g/mol. The molecule has 3 amide bonds. The third-order valence-electron chi connectivity index (χ3n) is 12.8. The van der Waals surface area contributed by atoms with Gasteiger partial charge < -0.3 is 45.5 Å². The third-order valence-corrected chi connectivity index (χ3v) is 12.8. The fourth-order valence-corrected chi connectivity index (χ4v) is 8.97. The van der Waals surface area contributed by atoms with Gasteiger partial charge in [0.1, 0.15) is 17.8 Å². The van der Waals surface area contributed by atoms with E-state index in [0.29, 0.717) is 124 Å². The first-order valence-corrected chi connectivity index (χ1v) is 24.0. The average molecular weight is 995 g/mol. The van der Waals surface area contributed by atoms with E-state index in [2.05, 4.69) is 25.9 Å². The lowest BCUT2D eigenvalue weighted by atomic mass is 9.99. The number of fused-ring (bicyclic) bond motifs is 2. The Bertz CT molecular complexity index is 2620. The molecule has 2 atom stereocenters. The van der Waals surface area contributed by atoms with Crippen molar-refractivity contribution in [3.8, 4) is 11.1 Å². The van der Waals surface area contributed by atoms with Gasteiger partial charge in [-0.25, -0.2) is 4.98 Å². The number of para-hydroxylation sites is 2. The SMILES string of the molecule is O=C(O)CN1CCN(CC(=O)NCCCNC(O)c2ccc(-c3ccc4nccc(C(=O)NCC(=O)N5CCC[C@H]5C(=O)c5nc6ccccc6o5)c4c3)cc2)CCN(CC(=O)O)CCN(CC(O)O)CC1. The number of hydrogen-bond donors (Lipinski definition) is 8. The third kappa shape index (κ3) is 14.9. The Morgan fingerprint density at radius 2 is 1.33 bits per heavy atom. The van der Waals surface area contributed by atoms with Crippen molar-refractivity contribution >= 4 is 57.4 Å². The lowest BCUT2D eigenvalue weighted by Crippen LogP contribution is -2.50. The maximum Gasteiger partial charge on any atom is 0.317 e. The molecule has 0 saturated carbocycles. The Labute approximate surface area is 415 Å². The minimum Gasteiger partial charge on any atom is -0.480 e. The number of carbonyl (C=O) groups is 6. The van der Waals surface area contributed by atoms with Gasteiger partial charge in [-0.3, -0.25) is 58.7 Å². The highest BCUT2D eigenvalue weighted by Gasteiger charge is 2.37. The summed E-state index contributed by atoms with van der Waals surface area (Å²) >= 11 is 0. The molecule has 0 spiro atoms. The number of rotatable bonds is 20. The van der Waals surface area contributed by atoms with Crippen LogP contribution in [-0.2, 0) is 19.2 Å². The molecule has 5 aromatic rings. The molecule has 0 aliphatic carbocycles. The van der Waals surface area contributed by atoms with E-state index in [9.17, 15) is 54.3 Å². The summed E-state index contributed by atoms with van der Waals surface area (Å²) in [5.41, 5.74) is 4.15. The van der Waals surface area contributed by atoms with Crippen molar-refractivity contribution in [1.82, 2.24) is 50.4 Å². The summed E-state index contributed by atoms with van der Waals surface area (Å²) in [6.45, 7) is 2.81. The van der Waals surface area contributed by atoms with E-state index in [-0.39, 0.29) is 50.3 Å². The van der Waals surface area contributed by atoms with Crippen LogP contribution in [0.4, 0.5) is 0 Å². The number of benzene rings is 3. The number of nitrogens with one attached hydrogen (secondary N) is 3. The van der Waals surface area contributed by atoms with Crippen LogP contribution in [0.1, 0.15) is 52.1 Å². The van der Waals surface area contributed by atoms with Gasteiger partial charge in [-0.1, -0.05) is 42.5 Å². The average Bonchev–Trinajstić information content (AvgIpc) is 4.04. The van der Waals surface area contributed by atoms with E-state index in [4.69, 9.17) is 4.42 Å². The molecule has 384 valence electrons. The monoisotopic (exact) mass is 994 g/mol. The van der Waals surface area contributed by atoms with E-state index >= 15 is 0 Å². The Balaban J connectivity index is 0.874. The Morgan fingerprint density at radius 3 is 1.99 bits per heavy atom. The smallest absolute Gasteiger partial charge is 0.317 e. The second-order valence-corrected chi connectivity index (χ2v) is 17.9. The van der Waals surface area contributed by atoms with E-state index in [0.717, 1.165) is 11.1 Å². The molecule has 2 aromatic heterocycles. The number of β-amino-alcohol motifs (C(OH)–C–C–N with tert-alkyl or cyclic N) is 2. The van der Waals surface area contributed by atoms with Crippen LogP contribution < -0.4 is 16.0 Å². The topological polar surface area (TPSA) is 295 Å². The molecule has 8 N–H and O–H groups in total. The van der Waals surface area contributed by atoms with Gasteiger partial charge in [0, 0.05) is 83.6 Å². The lowest BCUT2D eigenvalue weighted by Gasteiger charge is -2.33. The van der Waals surface area contributed by atoms with Gasteiger partial charge in [0.05, 0.1) is 37.3 Å². The van der Waals surface area contributed by atoms with Crippen molar-refractivity contribution in [3.63, 3.8) is 0 Å². The summed E-state index contributed by atoms with van der Waals surface area (Å²) in [7, 11) is 0. The van der Waals surface area contributed by atoms with Crippen molar-refractivity contribution < 1.29 is 58.7 Å². The highest BCUT2D eigenvalue weighted by Crippen LogP contribution is 2.28. The molecule has 2 aliphatic rings. The van der Waals surface area contributed by atoms with Crippen molar-refractivity contribution in [2.75, 3.05) is 105 Å². The number of aromatic nitrogens is 2. The minimum atomic E-state index is -1.60. The van der Waals surface area contributed by atoms with Gasteiger partial charge in [0.25, 0.3) is 11.8 Å². The van der Waals surface area contributed by atoms with Gasteiger partial charge in [0.2, 0.25) is 17.6 Å². The molecule has 7 rings (SSSR count). The number of carboxylic acids is 2. The number of amides is 3. The first-order chi connectivity index (χ1) is 34.7. The molecule has 22 heteroatoms. The number of aliphatic carboxylic acids is 2. The number of aliphatic hydroxyl groups is 3. The molecule has 4 heterocycles. The van der Waals surface area contributed by atoms with Crippen LogP contribution in [0.2, 0.25) is 0 Å². The number of oxazole rings is 1. The predicted molar refractivity (Wildman–Crippen MR) is 262 cm³/mol. The molecular formula is C50H62N10O12. The zero-order chi connectivity index (χ0) is 51.1. The summed E-state index contributed by atoms with van der Waals surface area (Å²) in [5.74, 6) is -3.60. The zero-order valence-electron chi connectivity index (χ0n) is 39.9. The lowest BCUT2D eigenvalue weighted by molar-refractivity contribution is -0.139. The molecule has 1 unspecified atom stereocenters. The summed E-state index contributed by atoms with van der Waals surface area (Å²) in [6.07, 6.45) is 0.496. The quantitative estimate of drug-likeness (QED) is 0.0298. The fourth-order valence-electron chi connectivity index (χ4n) is 8.97. The van der Waals surface area contributed by atoms with Crippen LogP contribution in [0.3, 0.4) is 0 Å².